The molecule has 2 amide bonds. The summed E-state index contributed by atoms with van der Waals surface area (Å²) in [5.74, 6) is -1.53. The Labute approximate surface area is 171 Å². The van der Waals surface area contributed by atoms with E-state index >= 15 is 0 Å². The molecule has 0 aliphatic carbocycles. The van der Waals surface area contributed by atoms with Crippen LogP contribution in [-0.2, 0) is 4.79 Å². The van der Waals surface area contributed by atoms with E-state index in [9.17, 15) is 19.5 Å². The van der Waals surface area contributed by atoms with Gasteiger partial charge in [0.25, 0.3) is 11.8 Å². The topological polar surface area (TPSA) is 86.7 Å². The Morgan fingerprint density at radius 2 is 1.38 bits per heavy atom. The molecule has 2 N–H and O–H groups in total. The summed E-state index contributed by atoms with van der Waals surface area (Å²) in [6.45, 7) is 7.22. The highest BCUT2D eigenvalue weighted by Crippen LogP contribution is 2.15. The van der Waals surface area contributed by atoms with Crippen molar-refractivity contribution in [3.05, 3.63) is 71.3 Å². The molecule has 2 aromatic rings. The molecular formula is C23H28N2O4. The quantitative estimate of drug-likeness (QED) is 0.531. The standard InChI is InChI=1S/C23H28N2O4/c1-15(2)25(16(3)4)23(29)21(27)18-10-12-19(13-11-18)22(28)24-20(14-26)17-8-6-5-7-9-17/h5-13,15-16,20,26H,14H2,1-4H3,(H,24,28)/t20-/m0/s1. The summed E-state index contributed by atoms with van der Waals surface area (Å²) < 4.78 is 0. The number of Topliss-reactive ketones (excluding diaryl/α,β-unsaturated/α-hetero) is 1. The number of carbonyl (C=O) groups excluding carboxylic acids is 3. The summed E-state index contributed by atoms with van der Waals surface area (Å²) in [5, 5.41) is 12.4. The molecule has 2 rings (SSSR count). The van der Waals surface area contributed by atoms with E-state index in [-0.39, 0.29) is 30.2 Å². The molecule has 6 nitrogen and oxygen atoms in total. The third kappa shape index (κ3) is 5.51. The lowest BCUT2D eigenvalue weighted by molar-refractivity contribution is -0.129. The maximum absolute atomic E-state index is 12.6. The first kappa shape index (κ1) is 22.3. The highest BCUT2D eigenvalue weighted by atomic mass is 16.3. The van der Waals surface area contributed by atoms with Gasteiger partial charge in [0.1, 0.15) is 0 Å². The normalized spacial score (nSPS) is 12.0. The predicted octanol–water partition coefficient (Wildman–Crippen LogP) is 2.98. The van der Waals surface area contributed by atoms with E-state index in [0.29, 0.717) is 5.56 Å². The van der Waals surface area contributed by atoms with Gasteiger partial charge in [-0.25, -0.2) is 0 Å². The molecule has 6 heteroatoms. The fraction of sp³-hybridized carbons (Fsp3) is 0.348. The Hall–Kier alpha value is -2.99. The second-order valence-electron chi connectivity index (χ2n) is 7.43. The Morgan fingerprint density at radius 1 is 0.862 bits per heavy atom. The van der Waals surface area contributed by atoms with Crippen LogP contribution in [0.1, 0.15) is 60.0 Å². The van der Waals surface area contributed by atoms with Gasteiger partial charge in [-0.15, -0.1) is 0 Å². The van der Waals surface area contributed by atoms with Gasteiger partial charge in [-0.2, -0.15) is 0 Å². The van der Waals surface area contributed by atoms with Gasteiger partial charge in [0.2, 0.25) is 5.78 Å². The number of amides is 2. The fourth-order valence-electron chi connectivity index (χ4n) is 3.24. The molecule has 0 aliphatic heterocycles. The van der Waals surface area contributed by atoms with E-state index in [0.717, 1.165) is 5.56 Å². The molecule has 2 aromatic carbocycles. The van der Waals surface area contributed by atoms with E-state index < -0.39 is 17.7 Å². The second-order valence-corrected chi connectivity index (χ2v) is 7.43. The monoisotopic (exact) mass is 396 g/mol. The van der Waals surface area contributed by atoms with Gasteiger partial charge in [0.05, 0.1) is 12.6 Å². The molecule has 0 spiro atoms. The molecule has 0 saturated carbocycles. The number of nitrogens with zero attached hydrogens (tertiary/aromatic N) is 1. The van der Waals surface area contributed by atoms with Gasteiger partial charge < -0.3 is 15.3 Å². The molecule has 29 heavy (non-hydrogen) atoms. The van der Waals surface area contributed by atoms with Gasteiger partial charge in [-0.1, -0.05) is 42.5 Å². The highest BCUT2D eigenvalue weighted by Gasteiger charge is 2.27. The first-order chi connectivity index (χ1) is 13.8. The van der Waals surface area contributed by atoms with Crippen LogP contribution in [0, 0.1) is 0 Å². The van der Waals surface area contributed by atoms with Gasteiger partial charge in [-0.05, 0) is 45.4 Å². The van der Waals surface area contributed by atoms with Crippen molar-refractivity contribution in [2.75, 3.05) is 6.61 Å². The maximum Gasteiger partial charge on any atom is 0.295 e. The Bertz CT molecular complexity index is 837. The average Bonchev–Trinajstić information content (AvgIpc) is 2.71. The molecular weight excluding hydrogens is 368 g/mol. The van der Waals surface area contributed by atoms with Crippen molar-refractivity contribution in [2.24, 2.45) is 0 Å². The number of carbonyl (C=O) groups is 3. The molecule has 0 heterocycles. The second kappa shape index (κ2) is 9.98. The van der Waals surface area contributed by atoms with Crippen LogP contribution in [0.4, 0.5) is 0 Å². The molecule has 154 valence electrons. The third-order valence-corrected chi connectivity index (χ3v) is 4.64. The number of hydrogen-bond donors (Lipinski definition) is 2. The lowest BCUT2D eigenvalue weighted by Gasteiger charge is -2.30. The lowest BCUT2D eigenvalue weighted by atomic mass is 10.0. The SMILES string of the molecule is CC(C)N(C(=O)C(=O)c1ccc(C(=O)N[C@@H](CO)c2ccccc2)cc1)C(C)C. The maximum atomic E-state index is 12.6. The van der Waals surface area contributed by atoms with E-state index in [4.69, 9.17) is 0 Å². The summed E-state index contributed by atoms with van der Waals surface area (Å²) in [6.07, 6.45) is 0. The van der Waals surface area contributed by atoms with Crippen LogP contribution in [0.5, 0.6) is 0 Å². The van der Waals surface area contributed by atoms with Crippen LogP contribution >= 0.6 is 0 Å². The van der Waals surface area contributed by atoms with Crippen molar-refractivity contribution in [3.8, 4) is 0 Å². The highest BCUT2D eigenvalue weighted by molar-refractivity contribution is 6.42. The van der Waals surface area contributed by atoms with E-state index in [1.54, 1.807) is 0 Å². The molecule has 0 saturated heterocycles. The number of hydrogen-bond acceptors (Lipinski definition) is 4. The summed E-state index contributed by atoms with van der Waals surface area (Å²) in [4.78, 5) is 39.2. The van der Waals surface area contributed by atoms with E-state index in [2.05, 4.69) is 5.32 Å². The number of nitrogens with one attached hydrogen (secondary N) is 1. The molecule has 0 aliphatic rings. The largest absolute Gasteiger partial charge is 0.394 e. The summed E-state index contributed by atoms with van der Waals surface area (Å²) >= 11 is 0. The van der Waals surface area contributed by atoms with Gasteiger partial charge >= 0.3 is 0 Å². The summed E-state index contributed by atoms with van der Waals surface area (Å²) in [5.41, 5.74) is 1.37. The van der Waals surface area contributed by atoms with Crippen LogP contribution in [-0.4, -0.2) is 46.3 Å². The molecule has 0 fully saturated rings. The van der Waals surface area contributed by atoms with Crippen LogP contribution in [0.3, 0.4) is 0 Å². The summed E-state index contributed by atoms with van der Waals surface area (Å²) in [7, 11) is 0. The smallest absolute Gasteiger partial charge is 0.295 e. The van der Waals surface area contributed by atoms with Crippen LogP contribution in [0.15, 0.2) is 54.6 Å². The zero-order valence-electron chi connectivity index (χ0n) is 17.3. The average molecular weight is 396 g/mol. The Balaban J connectivity index is 2.12. The van der Waals surface area contributed by atoms with Crippen LogP contribution < -0.4 is 5.32 Å². The molecule has 0 radical (unpaired) electrons. The molecule has 0 aromatic heterocycles. The lowest BCUT2D eigenvalue weighted by Crippen LogP contribution is -2.45. The minimum absolute atomic E-state index is 0.0927. The van der Waals surface area contributed by atoms with Crippen molar-refractivity contribution < 1.29 is 19.5 Å². The van der Waals surface area contributed by atoms with Crippen LogP contribution in [0.25, 0.3) is 0 Å². The van der Waals surface area contributed by atoms with Gasteiger partial charge in [0.15, 0.2) is 0 Å². The van der Waals surface area contributed by atoms with Gasteiger partial charge in [-0.3, -0.25) is 14.4 Å². The first-order valence-electron chi connectivity index (χ1n) is 9.70. The zero-order chi connectivity index (χ0) is 21.6. The van der Waals surface area contributed by atoms with Crippen molar-refractivity contribution in [1.29, 1.82) is 0 Å². The Kier molecular flexibility index (Phi) is 7.67. The number of aliphatic hydroxyl groups excluding tert-OH is 1. The van der Waals surface area contributed by atoms with E-state index in [1.165, 1.54) is 29.2 Å². The number of ketones is 1. The number of aliphatic hydroxyl groups is 1. The molecule has 0 bridgehead atoms. The number of benzene rings is 2. The van der Waals surface area contributed by atoms with Gasteiger partial charge in [0, 0.05) is 23.2 Å². The van der Waals surface area contributed by atoms with Crippen molar-refractivity contribution >= 4 is 17.6 Å². The van der Waals surface area contributed by atoms with Crippen molar-refractivity contribution in [3.63, 3.8) is 0 Å². The first-order valence-corrected chi connectivity index (χ1v) is 9.70. The molecule has 1 atom stereocenters. The number of rotatable bonds is 8. The van der Waals surface area contributed by atoms with Crippen molar-refractivity contribution in [2.45, 2.75) is 45.8 Å². The fourth-order valence-corrected chi connectivity index (χ4v) is 3.24. The third-order valence-electron chi connectivity index (χ3n) is 4.64. The molecule has 0 unspecified atom stereocenters. The summed E-state index contributed by atoms with van der Waals surface area (Å²) in [6, 6.07) is 14.4. The minimum Gasteiger partial charge on any atom is -0.394 e. The van der Waals surface area contributed by atoms with Crippen molar-refractivity contribution in [1.82, 2.24) is 10.2 Å². The zero-order valence-corrected chi connectivity index (χ0v) is 17.3. The predicted molar refractivity (Wildman–Crippen MR) is 112 cm³/mol. The Morgan fingerprint density at radius 3 is 1.86 bits per heavy atom. The minimum atomic E-state index is -0.600. The van der Waals surface area contributed by atoms with Crippen LogP contribution in [0.2, 0.25) is 0 Å². The van der Waals surface area contributed by atoms with E-state index in [1.807, 2.05) is 58.0 Å².